The van der Waals surface area contributed by atoms with Gasteiger partial charge in [-0.25, -0.2) is 4.39 Å². The average molecular weight is 408 g/mol. The van der Waals surface area contributed by atoms with Gasteiger partial charge < -0.3 is 20.0 Å². The van der Waals surface area contributed by atoms with Gasteiger partial charge in [0.1, 0.15) is 12.4 Å². The topological polar surface area (TPSA) is 75.8 Å². The number of benzene rings is 2. The summed E-state index contributed by atoms with van der Waals surface area (Å²) in [5.41, 5.74) is 3.00. The molecule has 0 saturated heterocycles. The molecule has 0 radical (unpaired) electrons. The molecule has 3 N–H and O–H groups in total. The van der Waals surface area contributed by atoms with Gasteiger partial charge in [0.05, 0.1) is 19.4 Å². The van der Waals surface area contributed by atoms with Gasteiger partial charge in [-0.05, 0) is 42.0 Å². The van der Waals surface area contributed by atoms with Crippen molar-refractivity contribution in [3.05, 3.63) is 89.6 Å². The number of hydrogen-bond acceptors (Lipinski definition) is 3. The zero-order chi connectivity index (χ0) is 20.9. The predicted octanol–water partition coefficient (Wildman–Crippen LogP) is 1.86. The second-order valence-electron chi connectivity index (χ2n) is 7.34. The van der Waals surface area contributed by atoms with E-state index in [9.17, 15) is 14.0 Å². The average Bonchev–Trinajstić information content (AvgIpc) is 3.30. The molecule has 0 fully saturated rings. The Morgan fingerprint density at radius 1 is 1.00 bits per heavy atom. The van der Waals surface area contributed by atoms with Gasteiger partial charge in [0, 0.05) is 17.7 Å². The number of hydrogen-bond donors (Lipinski definition) is 3. The Balaban J connectivity index is 1.41. The lowest BCUT2D eigenvalue weighted by Crippen LogP contribution is -3.12. The molecule has 6 nitrogen and oxygen atoms in total. The fourth-order valence-electron chi connectivity index (χ4n) is 3.83. The highest BCUT2D eigenvalue weighted by molar-refractivity contribution is 6.39. The summed E-state index contributed by atoms with van der Waals surface area (Å²) in [6, 6.07) is 17.2. The number of furan rings is 1. The van der Waals surface area contributed by atoms with Crippen molar-refractivity contribution < 1.29 is 23.3 Å². The second kappa shape index (κ2) is 8.92. The summed E-state index contributed by atoms with van der Waals surface area (Å²) in [5, 5.41) is 5.19. The fourth-order valence-corrected chi connectivity index (χ4v) is 3.83. The molecule has 0 saturated carbocycles. The van der Waals surface area contributed by atoms with Crippen molar-refractivity contribution in [2.24, 2.45) is 0 Å². The highest BCUT2D eigenvalue weighted by atomic mass is 19.1. The fraction of sp³-hybridized carbons (Fsp3) is 0.217. The summed E-state index contributed by atoms with van der Waals surface area (Å²) in [6.45, 7) is 1.99. The van der Waals surface area contributed by atoms with E-state index in [1.165, 1.54) is 40.3 Å². The molecule has 1 unspecified atom stereocenters. The molecular formula is C23H23FN3O3+. The summed E-state index contributed by atoms with van der Waals surface area (Å²) >= 11 is 0. The molecule has 4 rings (SSSR count). The molecule has 154 valence electrons. The molecule has 3 aromatic rings. The molecule has 2 heterocycles. The maximum absolute atomic E-state index is 13.0. The molecule has 2 amide bonds. The first-order valence-electron chi connectivity index (χ1n) is 9.89. The number of nitrogens with one attached hydrogen (secondary N) is 3. The van der Waals surface area contributed by atoms with Crippen molar-refractivity contribution in [3.8, 4) is 0 Å². The van der Waals surface area contributed by atoms with Crippen LogP contribution in [-0.2, 0) is 22.6 Å². The SMILES string of the molecule is O=C(NC[C@@H](c1ccco1)[NH+]1CCc2ccccc2C1)C(=O)Nc1ccc(F)cc1. The third-order valence-corrected chi connectivity index (χ3v) is 5.41. The van der Waals surface area contributed by atoms with Gasteiger partial charge in [0.2, 0.25) is 0 Å². The Morgan fingerprint density at radius 3 is 2.50 bits per heavy atom. The van der Waals surface area contributed by atoms with Gasteiger partial charge in [-0.15, -0.1) is 0 Å². The van der Waals surface area contributed by atoms with Crippen molar-refractivity contribution in [2.75, 3.05) is 18.4 Å². The standard InChI is InChI=1S/C23H22FN3O3/c24-18-7-9-19(10-8-18)26-23(29)22(28)25-14-20(21-6-3-13-30-21)27-12-11-16-4-1-2-5-17(16)15-27/h1-10,13,20H,11-12,14-15H2,(H,25,28)(H,26,29)/p+1/t20-/m0/s1. The molecule has 0 bridgehead atoms. The number of fused-ring (bicyclic) bond motifs is 1. The lowest BCUT2D eigenvalue weighted by molar-refractivity contribution is -0.946. The molecule has 1 aliphatic rings. The third-order valence-electron chi connectivity index (χ3n) is 5.41. The molecule has 1 aliphatic heterocycles. The molecule has 0 aliphatic carbocycles. The summed E-state index contributed by atoms with van der Waals surface area (Å²) in [4.78, 5) is 25.8. The van der Waals surface area contributed by atoms with Crippen LogP contribution < -0.4 is 15.5 Å². The van der Waals surface area contributed by atoms with E-state index in [2.05, 4.69) is 22.8 Å². The number of rotatable bonds is 5. The molecule has 30 heavy (non-hydrogen) atoms. The van der Waals surface area contributed by atoms with E-state index in [4.69, 9.17) is 4.42 Å². The summed E-state index contributed by atoms with van der Waals surface area (Å²) in [6.07, 6.45) is 2.56. The van der Waals surface area contributed by atoms with Crippen LogP contribution in [0.15, 0.2) is 71.3 Å². The van der Waals surface area contributed by atoms with Crippen LogP contribution in [0.25, 0.3) is 0 Å². The highest BCUT2D eigenvalue weighted by Crippen LogP contribution is 2.15. The van der Waals surface area contributed by atoms with Crippen LogP contribution in [0, 0.1) is 5.82 Å². The van der Waals surface area contributed by atoms with E-state index in [0.29, 0.717) is 5.69 Å². The van der Waals surface area contributed by atoms with Crippen LogP contribution >= 0.6 is 0 Å². The number of amides is 2. The minimum Gasteiger partial charge on any atom is -0.463 e. The van der Waals surface area contributed by atoms with Crippen LogP contribution in [0.2, 0.25) is 0 Å². The number of halogens is 1. The van der Waals surface area contributed by atoms with Crippen molar-refractivity contribution in [1.29, 1.82) is 0 Å². The van der Waals surface area contributed by atoms with E-state index in [1.807, 2.05) is 24.3 Å². The largest absolute Gasteiger partial charge is 0.463 e. The van der Waals surface area contributed by atoms with Crippen LogP contribution in [0.1, 0.15) is 22.9 Å². The molecule has 7 heteroatoms. The van der Waals surface area contributed by atoms with Crippen LogP contribution in [0.4, 0.5) is 10.1 Å². The van der Waals surface area contributed by atoms with Gasteiger partial charge in [-0.2, -0.15) is 0 Å². The quantitative estimate of drug-likeness (QED) is 0.564. The summed E-state index contributed by atoms with van der Waals surface area (Å²) < 4.78 is 18.6. The highest BCUT2D eigenvalue weighted by Gasteiger charge is 2.31. The lowest BCUT2D eigenvalue weighted by Gasteiger charge is -2.31. The van der Waals surface area contributed by atoms with Crippen molar-refractivity contribution in [3.63, 3.8) is 0 Å². The summed E-state index contributed by atoms with van der Waals surface area (Å²) in [5.74, 6) is -1.18. The van der Waals surface area contributed by atoms with E-state index < -0.39 is 17.6 Å². The second-order valence-corrected chi connectivity index (χ2v) is 7.34. The Morgan fingerprint density at radius 2 is 1.77 bits per heavy atom. The molecule has 2 aromatic carbocycles. The Labute approximate surface area is 173 Å². The number of carbonyl (C=O) groups is 2. The van der Waals surface area contributed by atoms with Crippen LogP contribution in [0.5, 0.6) is 0 Å². The van der Waals surface area contributed by atoms with Crippen molar-refractivity contribution in [1.82, 2.24) is 5.32 Å². The minimum absolute atomic E-state index is 0.115. The first kappa shape index (κ1) is 19.8. The zero-order valence-electron chi connectivity index (χ0n) is 16.4. The molecular weight excluding hydrogens is 385 g/mol. The maximum Gasteiger partial charge on any atom is 0.313 e. The van der Waals surface area contributed by atoms with Gasteiger partial charge in [-0.3, -0.25) is 9.59 Å². The summed E-state index contributed by atoms with van der Waals surface area (Å²) in [7, 11) is 0. The first-order valence-corrected chi connectivity index (χ1v) is 9.89. The van der Waals surface area contributed by atoms with E-state index >= 15 is 0 Å². The monoisotopic (exact) mass is 408 g/mol. The van der Waals surface area contributed by atoms with Gasteiger partial charge >= 0.3 is 11.8 Å². The molecule has 2 atom stereocenters. The lowest BCUT2D eigenvalue weighted by atomic mass is 9.98. The van der Waals surface area contributed by atoms with Gasteiger partial charge in [0.15, 0.2) is 11.8 Å². The van der Waals surface area contributed by atoms with Crippen molar-refractivity contribution in [2.45, 2.75) is 19.0 Å². The van der Waals surface area contributed by atoms with Crippen LogP contribution in [-0.4, -0.2) is 24.9 Å². The Hall–Kier alpha value is -3.45. The predicted molar refractivity (Wildman–Crippen MR) is 109 cm³/mol. The zero-order valence-corrected chi connectivity index (χ0v) is 16.4. The number of carbonyl (C=O) groups excluding carboxylic acids is 2. The maximum atomic E-state index is 13.0. The van der Waals surface area contributed by atoms with Crippen LogP contribution in [0.3, 0.4) is 0 Å². The smallest absolute Gasteiger partial charge is 0.313 e. The Kier molecular flexibility index (Phi) is 5.90. The van der Waals surface area contributed by atoms with Crippen molar-refractivity contribution >= 4 is 17.5 Å². The van der Waals surface area contributed by atoms with E-state index in [-0.39, 0.29) is 12.6 Å². The van der Waals surface area contributed by atoms with Gasteiger partial charge in [-0.1, -0.05) is 24.3 Å². The molecule has 1 aromatic heterocycles. The van der Waals surface area contributed by atoms with Gasteiger partial charge in [0.25, 0.3) is 0 Å². The minimum atomic E-state index is -0.793. The first-order chi connectivity index (χ1) is 14.6. The Bertz CT molecular complexity index is 1020. The van der Waals surface area contributed by atoms with E-state index in [1.54, 1.807) is 6.26 Å². The number of anilines is 1. The number of quaternary nitrogens is 1. The molecule has 0 spiro atoms. The normalized spacial score (nSPS) is 16.4. The third kappa shape index (κ3) is 4.58. The van der Waals surface area contributed by atoms with E-state index in [0.717, 1.165) is 25.3 Å².